The first kappa shape index (κ1) is 14.8. The number of amides is 1. The molecule has 0 atom stereocenters. The molecule has 1 aromatic rings. The van der Waals surface area contributed by atoms with Crippen molar-refractivity contribution in [3.8, 4) is 0 Å². The molecular formula is C16H23FN2O. The van der Waals surface area contributed by atoms with E-state index in [-0.39, 0.29) is 11.7 Å². The molecule has 0 saturated heterocycles. The maximum Gasteiger partial charge on any atom is 0.238 e. The summed E-state index contributed by atoms with van der Waals surface area (Å²) in [5.41, 5.74) is 6.13. The summed E-state index contributed by atoms with van der Waals surface area (Å²) in [6, 6.07) is 5.91. The zero-order valence-electron chi connectivity index (χ0n) is 11.8. The molecule has 1 fully saturated rings. The summed E-state index contributed by atoms with van der Waals surface area (Å²) in [7, 11) is 0. The van der Waals surface area contributed by atoms with Gasteiger partial charge in [0, 0.05) is 6.42 Å². The molecule has 0 heterocycles. The molecule has 20 heavy (non-hydrogen) atoms. The lowest BCUT2D eigenvalue weighted by atomic mass is 9.86. The summed E-state index contributed by atoms with van der Waals surface area (Å²) in [4.78, 5) is 11.7. The second-order valence-electron chi connectivity index (χ2n) is 5.58. The molecule has 0 aliphatic heterocycles. The molecule has 0 bridgehead atoms. The van der Waals surface area contributed by atoms with E-state index in [0.29, 0.717) is 12.1 Å². The molecule has 0 spiro atoms. The van der Waals surface area contributed by atoms with E-state index in [4.69, 9.17) is 0 Å². The molecular weight excluding hydrogens is 255 g/mol. The lowest BCUT2D eigenvalue weighted by Gasteiger charge is -2.21. The van der Waals surface area contributed by atoms with E-state index in [2.05, 4.69) is 10.9 Å². The smallest absolute Gasteiger partial charge is 0.238 e. The Morgan fingerprint density at radius 1 is 1.15 bits per heavy atom. The summed E-state index contributed by atoms with van der Waals surface area (Å²) in [6.07, 6.45) is 9.38. The largest absolute Gasteiger partial charge is 0.299 e. The number of carbonyl (C=O) groups is 1. The minimum absolute atomic E-state index is 0.00913. The zero-order valence-corrected chi connectivity index (χ0v) is 11.8. The van der Waals surface area contributed by atoms with Crippen LogP contribution in [0.4, 0.5) is 10.1 Å². The van der Waals surface area contributed by atoms with Crippen molar-refractivity contribution in [3.63, 3.8) is 0 Å². The van der Waals surface area contributed by atoms with Gasteiger partial charge in [0.15, 0.2) is 0 Å². The molecule has 1 saturated carbocycles. The SMILES string of the molecule is O=C(CCCC1CCCCC1)NNc1ccc(F)cc1. The molecule has 4 heteroatoms. The van der Waals surface area contributed by atoms with Crippen LogP contribution in [0.2, 0.25) is 0 Å². The van der Waals surface area contributed by atoms with Gasteiger partial charge in [-0.25, -0.2) is 4.39 Å². The Balaban J connectivity index is 1.59. The second kappa shape index (κ2) is 7.88. The maximum atomic E-state index is 12.7. The van der Waals surface area contributed by atoms with Crippen LogP contribution in [0.1, 0.15) is 51.4 Å². The van der Waals surface area contributed by atoms with Crippen LogP contribution in [-0.4, -0.2) is 5.91 Å². The first-order valence-electron chi connectivity index (χ1n) is 7.54. The number of rotatable bonds is 6. The van der Waals surface area contributed by atoms with Crippen LogP contribution in [-0.2, 0) is 4.79 Å². The minimum Gasteiger partial charge on any atom is -0.299 e. The molecule has 1 amide bonds. The van der Waals surface area contributed by atoms with Gasteiger partial charge in [0.25, 0.3) is 0 Å². The average molecular weight is 278 g/mol. The van der Waals surface area contributed by atoms with Crippen molar-refractivity contribution in [2.75, 3.05) is 5.43 Å². The van der Waals surface area contributed by atoms with Gasteiger partial charge in [-0.2, -0.15) is 0 Å². The van der Waals surface area contributed by atoms with E-state index in [1.807, 2.05) is 0 Å². The highest BCUT2D eigenvalue weighted by Crippen LogP contribution is 2.27. The van der Waals surface area contributed by atoms with Crippen molar-refractivity contribution in [2.45, 2.75) is 51.4 Å². The zero-order chi connectivity index (χ0) is 14.2. The van der Waals surface area contributed by atoms with Crippen LogP contribution in [0, 0.1) is 11.7 Å². The molecule has 0 radical (unpaired) electrons. The highest BCUT2D eigenvalue weighted by atomic mass is 19.1. The highest BCUT2D eigenvalue weighted by Gasteiger charge is 2.13. The van der Waals surface area contributed by atoms with E-state index < -0.39 is 0 Å². The topological polar surface area (TPSA) is 41.1 Å². The number of nitrogens with one attached hydrogen (secondary N) is 2. The van der Waals surface area contributed by atoms with Gasteiger partial charge in [-0.15, -0.1) is 0 Å². The van der Waals surface area contributed by atoms with Crippen LogP contribution < -0.4 is 10.9 Å². The fourth-order valence-electron chi connectivity index (χ4n) is 2.76. The van der Waals surface area contributed by atoms with Crippen molar-refractivity contribution in [3.05, 3.63) is 30.1 Å². The summed E-state index contributed by atoms with van der Waals surface area (Å²) in [5, 5.41) is 0. The van der Waals surface area contributed by atoms with E-state index in [9.17, 15) is 9.18 Å². The Morgan fingerprint density at radius 2 is 1.85 bits per heavy atom. The minimum atomic E-state index is -0.283. The van der Waals surface area contributed by atoms with Crippen molar-refractivity contribution in [1.29, 1.82) is 0 Å². The molecule has 2 rings (SSSR count). The van der Waals surface area contributed by atoms with Gasteiger partial charge in [0.2, 0.25) is 5.91 Å². The molecule has 1 aliphatic carbocycles. The molecule has 0 aromatic heterocycles. The molecule has 0 unspecified atom stereocenters. The van der Waals surface area contributed by atoms with Crippen LogP contribution in [0.5, 0.6) is 0 Å². The third kappa shape index (κ3) is 5.19. The average Bonchev–Trinajstić information content (AvgIpc) is 2.48. The van der Waals surface area contributed by atoms with Crippen molar-refractivity contribution < 1.29 is 9.18 Å². The van der Waals surface area contributed by atoms with Gasteiger partial charge >= 0.3 is 0 Å². The Hall–Kier alpha value is -1.58. The van der Waals surface area contributed by atoms with Crippen molar-refractivity contribution in [1.82, 2.24) is 5.43 Å². The predicted molar refractivity (Wildman–Crippen MR) is 78.6 cm³/mol. The Kier molecular flexibility index (Phi) is 5.84. The van der Waals surface area contributed by atoms with E-state index in [1.165, 1.54) is 44.2 Å². The number of halogens is 1. The maximum absolute atomic E-state index is 12.7. The number of hydrogen-bond acceptors (Lipinski definition) is 2. The molecule has 3 nitrogen and oxygen atoms in total. The Bertz CT molecular complexity index is 413. The lowest BCUT2D eigenvalue weighted by Crippen LogP contribution is -2.29. The van der Waals surface area contributed by atoms with E-state index in [0.717, 1.165) is 18.8 Å². The number of carbonyl (C=O) groups excluding carboxylic acids is 1. The number of benzene rings is 1. The van der Waals surface area contributed by atoms with Gasteiger partial charge in [0.1, 0.15) is 5.82 Å². The number of anilines is 1. The van der Waals surface area contributed by atoms with Gasteiger partial charge in [-0.05, 0) is 43.0 Å². The fraction of sp³-hybridized carbons (Fsp3) is 0.562. The molecule has 2 N–H and O–H groups in total. The van der Waals surface area contributed by atoms with Gasteiger partial charge < -0.3 is 0 Å². The fourth-order valence-corrected chi connectivity index (χ4v) is 2.76. The van der Waals surface area contributed by atoms with Crippen LogP contribution in [0.15, 0.2) is 24.3 Å². The van der Waals surface area contributed by atoms with Crippen LogP contribution in [0.25, 0.3) is 0 Å². The van der Waals surface area contributed by atoms with Crippen molar-refractivity contribution >= 4 is 11.6 Å². The monoisotopic (exact) mass is 278 g/mol. The van der Waals surface area contributed by atoms with E-state index >= 15 is 0 Å². The third-order valence-electron chi connectivity index (χ3n) is 3.93. The Morgan fingerprint density at radius 3 is 2.55 bits per heavy atom. The Labute approximate surface area is 119 Å². The van der Waals surface area contributed by atoms with Crippen LogP contribution in [0.3, 0.4) is 0 Å². The molecule has 110 valence electrons. The van der Waals surface area contributed by atoms with E-state index in [1.54, 1.807) is 12.1 Å². The number of hydrazine groups is 1. The summed E-state index contributed by atoms with van der Waals surface area (Å²) in [6.45, 7) is 0. The van der Waals surface area contributed by atoms with Gasteiger partial charge in [-0.1, -0.05) is 32.1 Å². The highest BCUT2D eigenvalue weighted by molar-refractivity contribution is 5.77. The third-order valence-corrected chi connectivity index (χ3v) is 3.93. The van der Waals surface area contributed by atoms with Crippen LogP contribution >= 0.6 is 0 Å². The predicted octanol–water partition coefficient (Wildman–Crippen LogP) is 4.02. The molecule has 1 aromatic carbocycles. The first-order valence-corrected chi connectivity index (χ1v) is 7.54. The summed E-state index contributed by atoms with van der Waals surface area (Å²) >= 11 is 0. The molecule has 1 aliphatic rings. The quantitative estimate of drug-likeness (QED) is 0.772. The number of hydrogen-bond donors (Lipinski definition) is 2. The first-order chi connectivity index (χ1) is 9.74. The lowest BCUT2D eigenvalue weighted by molar-refractivity contribution is -0.120. The summed E-state index contributed by atoms with van der Waals surface area (Å²) in [5.74, 6) is 0.529. The second-order valence-corrected chi connectivity index (χ2v) is 5.58. The summed E-state index contributed by atoms with van der Waals surface area (Å²) < 4.78 is 12.7. The normalized spacial score (nSPS) is 15.8. The van der Waals surface area contributed by atoms with Gasteiger partial charge in [0.05, 0.1) is 5.69 Å². The van der Waals surface area contributed by atoms with Gasteiger partial charge in [-0.3, -0.25) is 15.6 Å². The standard InChI is InChI=1S/C16H23FN2O/c17-14-9-11-15(12-10-14)18-19-16(20)8-4-7-13-5-2-1-3-6-13/h9-13,18H,1-8H2,(H,19,20). The van der Waals surface area contributed by atoms with Crippen molar-refractivity contribution in [2.24, 2.45) is 5.92 Å².